The highest BCUT2D eigenvalue weighted by molar-refractivity contribution is 5.73. The minimum absolute atomic E-state index is 0.0633. The molecule has 1 aliphatic heterocycles. The molecule has 1 fully saturated rings. The molecular formula is C9H18N2O. The molecule has 0 aromatic carbocycles. The third-order valence-corrected chi connectivity index (χ3v) is 2.37. The summed E-state index contributed by atoms with van der Waals surface area (Å²) >= 11 is 0. The van der Waals surface area contributed by atoms with Crippen LogP contribution in [0.4, 0.5) is 4.79 Å². The molecule has 0 aromatic rings. The van der Waals surface area contributed by atoms with Gasteiger partial charge < -0.3 is 10.2 Å². The monoisotopic (exact) mass is 170 g/mol. The molecule has 3 heteroatoms. The molecule has 1 heterocycles. The molecule has 2 amide bonds. The Morgan fingerprint density at radius 1 is 1.33 bits per heavy atom. The van der Waals surface area contributed by atoms with Crippen molar-refractivity contribution in [2.45, 2.75) is 20.3 Å². The van der Waals surface area contributed by atoms with Crippen molar-refractivity contribution in [3.8, 4) is 0 Å². The van der Waals surface area contributed by atoms with Crippen LogP contribution in [0.25, 0.3) is 0 Å². The smallest absolute Gasteiger partial charge is 0.317 e. The first-order valence-electron chi connectivity index (χ1n) is 4.60. The number of urea groups is 1. The van der Waals surface area contributed by atoms with E-state index in [-0.39, 0.29) is 6.03 Å². The summed E-state index contributed by atoms with van der Waals surface area (Å²) in [6.45, 7) is 6.21. The normalized spacial score (nSPS) is 30.1. The Morgan fingerprint density at radius 3 is 2.25 bits per heavy atom. The summed E-state index contributed by atoms with van der Waals surface area (Å²) < 4.78 is 0. The van der Waals surface area contributed by atoms with Gasteiger partial charge in [0.05, 0.1) is 0 Å². The van der Waals surface area contributed by atoms with Crippen LogP contribution in [0, 0.1) is 11.8 Å². The molecule has 0 aromatic heterocycles. The van der Waals surface area contributed by atoms with Crippen LogP contribution in [0.5, 0.6) is 0 Å². The number of piperidine rings is 1. The van der Waals surface area contributed by atoms with Gasteiger partial charge in [-0.1, -0.05) is 13.8 Å². The molecule has 0 aliphatic carbocycles. The highest BCUT2D eigenvalue weighted by atomic mass is 16.2. The van der Waals surface area contributed by atoms with Crippen molar-refractivity contribution < 1.29 is 4.79 Å². The third kappa shape index (κ3) is 2.13. The van der Waals surface area contributed by atoms with E-state index in [1.54, 1.807) is 7.05 Å². The van der Waals surface area contributed by atoms with E-state index in [1.165, 1.54) is 6.42 Å². The number of hydrogen-bond acceptors (Lipinski definition) is 1. The molecule has 1 aliphatic rings. The van der Waals surface area contributed by atoms with Gasteiger partial charge in [-0.25, -0.2) is 4.79 Å². The highest BCUT2D eigenvalue weighted by Gasteiger charge is 2.24. The second-order valence-electron chi connectivity index (χ2n) is 3.91. The van der Waals surface area contributed by atoms with Gasteiger partial charge in [0.2, 0.25) is 0 Å². The summed E-state index contributed by atoms with van der Waals surface area (Å²) in [5, 5.41) is 2.66. The van der Waals surface area contributed by atoms with Crippen LogP contribution < -0.4 is 5.32 Å². The first-order chi connectivity index (χ1) is 5.63. The molecular weight excluding hydrogens is 152 g/mol. The van der Waals surface area contributed by atoms with Gasteiger partial charge in [0.1, 0.15) is 0 Å². The molecule has 70 valence electrons. The Hall–Kier alpha value is -0.730. The van der Waals surface area contributed by atoms with Crippen LogP contribution in [0.2, 0.25) is 0 Å². The first kappa shape index (κ1) is 9.36. The Labute approximate surface area is 74.1 Å². The van der Waals surface area contributed by atoms with Gasteiger partial charge in [0.25, 0.3) is 0 Å². The average Bonchev–Trinajstić information content (AvgIpc) is 2.01. The van der Waals surface area contributed by atoms with Crippen molar-refractivity contribution >= 4 is 6.03 Å². The van der Waals surface area contributed by atoms with Crippen LogP contribution in [-0.4, -0.2) is 31.1 Å². The van der Waals surface area contributed by atoms with Crippen LogP contribution >= 0.6 is 0 Å². The molecule has 1 N–H and O–H groups in total. The largest absolute Gasteiger partial charge is 0.341 e. The fraction of sp³-hybridized carbons (Fsp3) is 0.889. The van der Waals surface area contributed by atoms with Crippen LogP contribution in [0.3, 0.4) is 0 Å². The third-order valence-electron chi connectivity index (χ3n) is 2.37. The SMILES string of the molecule is CNC(=O)N1CC(C)CC(C)C1. The lowest BCUT2D eigenvalue weighted by Gasteiger charge is -2.34. The number of hydrogen-bond donors (Lipinski definition) is 1. The molecule has 2 atom stereocenters. The van der Waals surface area contributed by atoms with Gasteiger partial charge in [-0.2, -0.15) is 0 Å². The van der Waals surface area contributed by atoms with E-state index in [2.05, 4.69) is 19.2 Å². The van der Waals surface area contributed by atoms with Gasteiger partial charge in [-0.05, 0) is 18.3 Å². The van der Waals surface area contributed by atoms with Crippen LogP contribution in [0.15, 0.2) is 0 Å². The number of rotatable bonds is 0. The van der Waals surface area contributed by atoms with E-state index >= 15 is 0 Å². The van der Waals surface area contributed by atoms with Crippen molar-refractivity contribution in [3.05, 3.63) is 0 Å². The Balaban J connectivity index is 2.49. The fourth-order valence-electron chi connectivity index (χ4n) is 1.99. The summed E-state index contributed by atoms with van der Waals surface area (Å²) in [5.74, 6) is 1.29. The number of nitrogens with one attached hydrogen (secondary N) is 1. The van der Waals surface area contributed by atoms with E-state index in [1.807, 2.05) is 4.90 Å². The zero-order valence-electron chi connectivity index (χ0n) is 8.13. The Kier molecular flexibility index (Phi) is 2.95. The molecule has 2 unspecified atom stereocenters. The second-order valence-corrected chi connectivity index (χ2v) is 3.91. The maximum Gasteiger partial charge on any atom is 0.317 e. The first-order valence-corrected chi connectivity index (χ1v) is 4.60. The van der Waals surface area contributed by atoms with Crippen molar-refractivity contribution in [1.29, 1.82) is 0 Å². The maximum absolute atomic E-state index is 11.3. The summed E-state index contributed by atoms with van der Waals surface area (Å²) in [7, 11) is 1.69. The summed E-state index contributed by atoms with van der Waals surface area (Å²) in [6, 6.07) is 0.0633. The van der Waals surface area contributed by atoms with E-state index in [4.69, 9.17) is 0 Å². The molecule has 0 bridgehead atoms. The van der Waals surface area contributed by atoms with Crippen molar-refractivity contribution in [2.75, 3.05) is 20.1 Å². The zero-order valence-corrected chi connectivity index (χ0v) is 8.13. The number of nitrogens with zero attached hydrogens (tertiary/aromatic N) is 1. The number of likely N-dealkylation sites (tertiary alicyclic amines) is 1. The van der Waals surface area contributed by atoms with Gasteiger partial charge in [0.15, 0.2) is 0 Å². The zero-order chi connectivity index (χ0) is 9.14. The van der Waals surface area contributed by atoms with Crippen molar-refractivity contribution in [2.24, 2.45) is 11.8 Å². The predicted molar refractivity (Wildman–Crippen MR) is 49.0 cm³/mol. The second kappa shape index (κ2) is 3.78. The van der Waals surface area contributed by atoms with Gasteiger partial charge >= 0.3 is 6.03 Å². The van der Waals surface area contributed by atoms with E-state index in [0.29, 0.717) is 11.8 Å². The summed E-state index contributed by atoms with van der Waals surface area (Å²) in [5.41, 5.74) is 0. The minimum atomic E-state index is 0.0633. The number of amides is 2. The lowest BCUT2D eigenvalue weighted by atomic mass is 9.92. The molecule has 1 saturated heterocycles. The molecule has 0 saturated carbocycles. The number of carbonyl (C=O) groups excluding carboxylic acids is 1. The summed E-state index contributed by atoms with van der Waals surface area (Å²) in [6.07, 6.45) is 1.24. The van der Waals surface area contributed by atoms with Crippen LogP contribution in [-0.2, 0) is 0 Å². The predicted octanol–water partition coefficient (Wildman–Crippen LogP) is 1.30. The molecule has 3 nitrogen and oxygen atoms in total. The minimum Gasteiger partial charge on any atom is -0.341 e. The van der Waals surface area contributed by atoms with Gasteiger partial charge in [-0.3, -0.25) is 0 Å². The standard InChI is InChI=1S/C9H18N2O/c1-7-4-8(2)6-11(5-7)9(12)10-3/h7-8H,4-6H2,1-3H3,(H,10,12). The topological polar surface area (TPSA) is 32.3 Å². The van der Waals surface area contributed by atoms with Crippen molar-refractivity contribution in [1.82, 2.24) is 10.2 Å². The molecule has 12 heavy (non-hydrogen) atoms. The number of carbonyl (C=O) groups is 1. The van der Waals surface area contributed by atoms with E-state index < -0.39 is 0 Å². The Morgan fingerprint density at radius 2 is 1.83 bits per heavy atom. The van der Waals surface area contributed by atoms with Crippen LogP contribution in [0.1, 0.15) is 20.3 Å². The maximum atomic E-state index is 11.3. The quantitative estimate of drug-likeness (QED) is 0.584. The molecule has 0 radical (unpaired) electrons. The average molecular weight is 170 g/mol. The van der Waals surface area contributed by atoms with E-state index in [9.17, 15) is 4.79 Å². The van der Waals surface area contributed by atoms with Gasteiger partial charge in [0, 0.05) is 20.1 Å². The fourth-order valence-corrected chi connectivity index (χ4v) is 1.99. The highest BCUT2D eigenvalue weighted by Crippen LogP contribution is 2.20. The summed E-state index contributed by atoms with van der Waals surface area (Å²) in [4.78, 5) is 13.2. The van der Waals surface area contributed by atoms with Crippen molar-refractivity contribution in [3.63, 3.8) is 0 Å². The van der Waals surface area contributed by atoms with E-state index in [0.717, 1.165) is 13.1 Å². The van der Waals surface area contributed by atoms with Gasteiger partial charge in [-0.15, -0.1) is 0 Å². The molecule has 0 spiro atoms. The lowest BCUT2D eigenvalue weighted by Crippen LogP contribution is -2.46. The Bertz CT molecular complexity index is 160. The molecule has 1 rings (SSSR count). The lowest BCUT2D eigenvalue weighted by molar-refractivity contribution is 0.148.